The van der Waals surface area contributed by atoms with Crippen LogP contribution in [0.1, 0.15) is 18.9 Å². The summed E-state index contributed by atoms with van der Waals surface area (Å²) in [5, 5.41) is 0. The molecule has 21 heavy (non-hydrogen) atoms. The molecule has 0 saturated carbocycles. The monoisotopic (exact) mass is 291 g/mol. The molecule has 2 N–H and O–H groups in total. The zero-order valence-corrected chi connectivity index (χ0v) is 12.9. The minimum absolute atomic E-state index is 0.00486. The number of hydrogen-bond acceptors (Lipinski definition) is 4. The number of anilines is 1. The predicted molar refractivity (Wildman–Crippen MR) is 84.2 cm³/mol. The lowest BCUT2D eigenvalue weighted by molar-refractivity contribution is -0.131. The van der Waals surface area contributed by atoms with Crippen molar-refractivity contribution in [2.75, 3.05) is 38.3 Å². The summed E-state index contributed by atoms with van der Waals surface area (Å²) < 4.78 is 5.36. The fourth-order valence-electron chi connectivity index (χ4n) is 2.44. The molecule has 0 aromatic heterocycles. The molecular weight excluding hydrogens is 266 g/mol. The van der Waals surface area contributed by atoms with Crippen molar-refractivity contribution in [1.29, 1.82) is 0 Å². The van der Waals surface area contributed by atoms with E-state index in [4.69, 9.17) is 10.5 Å². The van der Waals surface area contributed by atoms with Gasteiger partial charge in [0, 0.05) is 32.4 Å². The Kier molecular flexibility index (Phi) is 5.59. The van der Waals surface area contributed by atoms with Gasteiger partial charge in [-0.3, -0.25) is 4.79 Å². The van der Waals surface area contributed by atoms with Crippen LogP contribution in [0, 0.1) is 0 Å². The molecule has 1 fully saturated rings. The van der Waals surface area contributed by atoms with Gasteiger partial charge < -0.3 is 20.3 Å². The highest BCUT2D eigenvalue weighted by Gasteiger charge is 2.16. The van der Waals surface area contributed by atoms with Gasteiger partial charge in [-0.25, -0.2) is 0 Å². The van der Waals surface area contributed by atoms with Crippen molar-refractivity contribution in [2.24, 2.45) is 5.73 Å². The molecule has 1 aliphatic rings. The number of morpholine rings is 1. The lowest BCUT2D eigenvalue weighted by Crippen LogP contribution is -2.40. The zero-order valence-electron chi connectivity index (χ0n) is 12.9. The maximum atomic E-state index is 12.0. The fraction of sp³-hybridized carbons (Fsp3) is 0.562. The first-order valence-corrected chi connectivity index (χ1v) is 7.54. The maximum Gasteiger partial charge on any atom is 0.239 e. The summed E-state index contributed by atoms with van der Waals surface area (Å²) in [6, 6.07) is 7.97. The molecule has 2 rings (SSSR count). The zero-order chi connectivity index (χ0) is 15.2. The van der Waals surface area contributed by atoms with Gasteiger partial charge >= 0.3 is 0 Å². The minimum Gasteiger partial charge on any atom is -0.378 e. The largest absolute Gasteiger partial charge is 0.378 e. The number of nitrogens with zero attached hydrogens (tertiary/aromatic N) is 2. The lowest BCUT2D eigenvalue weighted by Gasteiger charge is -2.29. The second-order valence-electron chi connectivity index (χ2n) is 5.47. The molecule has 1 aromatic rings. The first kappa shape index (κ1) is 15.8. The molecule has 0 bridgehead atoms. The highest BCUT2D eigenvalue weighted by atomic mass is 16.5. The molecule has 1 atom stereocenters. The van der Waals surface area contributed by atoms with Gasteiger partial charge in [0.25, 0.3) is 0 Å². The Hall–Kier alpha value is -1.59. The van der Waals surface area contributed by atoms with Gasteiger partial charge in [0.1, 0.15) is 0 Å². The molecule has 1 heterocycles. The highest BCUT2D eigenvalue weighted by molar-refractivity contribution is 5.81. The molecule has 0 radical (unpaired) electrons. The third-order valence-electron chi connectivity index (χ3n) is 3.87. The van der Waals surface area contributed by atoms with Crippen LogP contribution in [0.5, 0.6) is 0 Å². The topological polar surface area (TPSA) is 58.8 Å². The number of carbonyl (C=O) groups is 1. The molecule has 116 valence electrons. The average Bonchev–Trinajstić information content (AvgIpc) is 2.54. The van der Waals surface area contributed by atoms with E-state index in [2.05, 4.69) is 29.2 Å². The van der Waals surface area contributed by atoms with Gasteiger partial charge in [-0.1, -0.05) is 19.1 Å². The van der Waals surface area contributed by atoms with Crippen molar-refractivity contribution < 1.29 is 9.53 Å². The van der Waals surface area contributed by atoms with Crippen LogP contribution in [-0.4, -0.2) is 50.2 Å². The summed E-state index contributed by atoms with van der Waals surface area (Å²) in [6.07, 6.45) is 0.666. The number of amides is 1. The van der Waals surface area contributed by atoms with E-state index in [0.717, 1.165) is 31.9 Å². The second kappa shape index (κ2) is 7.43. The number of rotatable bonds is 5. The number of benzene rings is 1. The van der Waals surface area contributed by atoms with Crippen molar-refractivity contribution in [2.45, 2.75) is 25.9 Å². The van der Waals surface area contributed by atoms with Crippen molar-refractivity contribution in [1.82, 2.24) is 4.90 Å². The quantitative estimate of drug-likeness (QED) is 0.886. The van der Waals surface area contributed by atoms with Crippen molar-refractivity contribution >= 4 is 11.6 Å². The second-order valence-corrected chi connectivity index (χ2v) is 5.47. The Morgan fingerprint density at radius 3 is 2.52 bits per heavy atom. The van der Waals surface area contributed by atoms with Crippen LogP contribution in [-0.2, 0) is 16.1 Å². The lowest BCUT2D eigenvalue weighted by atomic mass is 10.1. The van der Waals surface area contributed by atoms with Crippen LogP contribution in [0.25, 0.3) is 0 Å². The van der Waals surface area contributed by atoms with Gasteiger partial charge in [-0.05, 0) is 24.1 Å². The maximum absolute atomic E-state index is 12.0. The molecule has 1 amide bonds. The Labute approximate surface area is 126 Å². The number of hydrogen-bond donors (Lipinski definition) is 1. The third kappa shape index (κ3) is 4.19. The number of ether oxygens (including phenoxy) is 1. The Morgan fingerprint density at radius 2 is 1.95 bits per heavy atom. The highest BCUT2D eigenvalue weighted by Crippen LogP contribution is 2.17. The summed E-state index contributed by atoms with van der Waals surface area (Å²) in [6.45, 7) is 5.96. The summed E-state index contributed by atoms with van der Waals surface area (Å²) in [5.41, 5.74) is 8.11. The van der Waals surface area contributed by atoms with E-state index in [-0.39, 0.29) is 5.91 Å². The molecular formula is C16H25N3O2. The molecule has 1 unspecified atom stereocenters. The van der Waals surface area contributed by atoms with E-state index in [1.807, 2.05) is 6.92 Å². The van der Waals surface area contributed by atoms with Crippen LogP contribution >= 0.6 is 0 Å². The van der Waals surface area contributed by atoms with Crippen molar-refractivity contribution in [3.63, 3.8) is 0 Å². The van der Waals surface area contributed by atoms with Crippen molar-refractivity contribution in [3.05, 3.63) is 29.8 Å². The first-order chi connectivity index (χ1) is 10.1. The normalized spacial score (nSPS) is 16.6. The van der Waals surface area contributed by atoms with Crippen LogP contribution < -0.4 is 10.6 Å². The van der Waals surface area contributed by atoms with Crippen LogP contribution in [0.15, 0.2) is 24.3 Å². The summed E-state index contributed by atoms with van der Waals surface area (Å²) in [5.74, 6) is -0.00486. The van der Waals surface area contributed by atoms with E-state index in [0.29, 0.717) is 13.0 Å². The van der Waals surface area contributed by atoms with Gasteiger partial charge in [-0.2, -0.15) is 0 Å². The Balaban J connectivity index is 1.94. The Morgan fingerprint density at radius 1 is 1.33 bits per heavy atom. The fourth-order valence-corrected chi connectivity index (χ4v) is 2.44. The third-order valence-corrected chi connectivity index (χ3v) is 3.87. The number of likely N-dealkylation sites (N-methyl/N-ethyl adjacent to an activating group) is 1. The number of nitrogens with two attached hydrogens (primary N) is 1. The molecule has 1 saturated heterocycles. The average molecular weight is 291 g/mol. The standard InChI is InChI=1S/C16H25N3O2/c1-3-15(17)16(20)18(2)12-13-4-6-14(7-5-13)19-8-10-21-11-9-19/h4-7,15H,3,8-12,17H2,1-2H3. The van der Waals surface area contributed by atoms with E-state index in [9.17, 15) is 4.79 Å². The number of carbonyl (C=O) groups excluding carboxylic acids is 1. The van der Waals surface area contributed by atoms with Gasteiger partial charge in [0.05, 0.1) is 19.3 Å². The van der Waals surface area contributed by atoms with Crippen molar-refractivity contribution in [3.8, 4) is 0 Å². The van der Waals surface area contributed by atoms with E-state index in [1.54, 1.807) is 11.9 Å². The van der Waals surface area contributed by atoms with Crippen LogP contribution in [0.3, 0.4) is 0 Å². The van der Waals surface area contributed by atoms with Gasteiger partial charge in [-0.15, -0.1) is 0 Å². The van der Waals surface area contributed by atoms with E-state index >= 15 is 0 Å². The van der Waals surface area contributed by atoms with Crippen LogP contribution in [0.4, 0.5) is 5.69 Å². The molecule has 5 nitrogen and oxygen atoms in total. The molecule has 1 aliphatic heterocycles. The molecule has 0 aliphatic carbocycles. The Bertz CT molecular complexity index is 455. The van der Waals surface area contributed by atoms with E-state index in [1.165, 1.54) is 5.69 Å². The minimum atomic E-state index is -0.400. The van der Waals surface area contributed by atoms with Gasteiger partial charge in [0.15, 0.2) is 0 Å². The predicted octanol–water partition coefficient (Wildman–Crippen LogP) is 1.22. The summed E-state index contributed by atoms with van der Waals surface area (Å²) in [7, 11) is 1.80. The molecule has 1 aromatic carbocycles. The summed E-state index contributed by atoms with van der Waals surface area (Å²) in [4.78, 5) is 16.0. The first-order valence-electron chi connectivity index (χ1n) is 7.54. The van der Waals surface area contributed by atoms with Crippen LogP contribution in [0.2, 0.25) is 0 Å². The molecule has 5 heteroatoms. The van der Waals surface area contributed by atoms with E-state index < -0.39 is 6.04 Å². The summed E-state index contributed by atoms with van der Waals surface area (Å²) >= 11 is 0. The van der Waals surface area contributed by atoms with Gasteiger partial charge in [0.2, 0.25) is 5.91 Å². The smallest absolute Gasteiger partial charge is 0.239 e. The SMILES string of the molecule is CCC(N)C(=O)N(C)Cc1ccc(N2CCOCC2)cc1. The molecule has 0 spiro atoms.